The lowest BCUT2D eigenvalue weighted by molar-refractivity contribution is -0.137. The molecule has 1 aromatic heterocycles. The highest BCUT2D eigenvalue weighted by Crippen LogP contribution is 2.31. The summed E-state index contributed by atoms with van der Waals surface area (Å²) in [5.41, 5.74) is 1.72. The van der Waals surface area contributed by atoms with Gasteiger partial charge in [0.15, 0.2) is 0 Å². The van der Waals surface area contributed by atoms with Crippen molar-refractivity contribution in [2.75, 3.05) is 0 Å². The van der Waals surface area contributed by atoms with Crippen LogP contribution in [0, 0.1) is 12.7 Å². The van der Waals surface area contributed by atoms with Crippen LogP contribution < -0.4 is 5.32 Å². The smallest absolute Gasteiger partial charge is 0.305 e. The van der Waals surface area contributed by atoms with Gasteiger partial charge in [0, 0.05) is 10.9 Å². The summed E-state index contributed by atoms with van der Waals surface area (Å²) in [5, 5.41) is 11.4. The highest BCUT2D eigenvalue weighted by molar-refractivity contribution is 7.14. The van der Waals surface area contributed by atoms with Gasteiger partial charge in [0.25, 0.3) is 5.91 Å². The van der Waals surface area contributed by atoms with Gasteiger partial charge in [0.1, 0.15) is 5.82 Å². The Labute approximate surface area is 131 Å². The molecule has 1 amide bonds. The number of rotatable bonds is 5. The normalized spacial score (nSPS) is 12.0. The zero-order valence-corrected chi connectivity index (χ0v) is 13.0. The molecule has 0 bridgehead atoms. The lowest BCUT2D eigenvalue weighted by atomic mass is 10.1. The molecule has 0 aliphatic rings. The summed E-state index contributed by atoms with van der Waals surface area (Å²) in [4.78, 5) is 24.2. The number of aliphatic carboxylic acids is 1. The molecule has 0 radical (unpaired) electrons. The van der Waals surface area contributed by atoms with E-state index in [2.05, 4.69) is 5.32 Å². The van der Waals surface area contributed by atoms with E-state index in [0.717, 1.165) is 16.0 Å². The van der Waals surface area contributed by atoms with E-state index in [4.69, 9.17) is 5.11 Å². The number of carboxylic acid groups (broad SMARTS) is 1. The van der Waals surface area contributed by atoms with Crippen molar-refractivity contribution in [1.82, 2.24) is 5.32 Å². The number of aryl methyl sites for hydroxylation is 1. The Balaban J connectivity index is 2.17. The van der Waals surface area contributed by atoms with E-state index in [1.807, 2.05) is 6.92 Å². The molecule has 1 unspecified atom stereocenters. The molecule has 6 heteroatoms. The van der Waals surface area contributed by atoms with Crippen molar-refractivity contribution < 1.29 is 19.1 Å². The second-order valence-corrected chi connectivity index (χ2v) is 6.32. The maximum atomic E-state index is 13.0. The maximum absolute atomic E-state index is 13.0. The van der Waals surface area contributed by atoms with Crippen LogP contribution >= 0.6 is 11.3 Å². The molecule has 22 heavy (non-hydrogen) atoms. The highest BCUT2D eigenvalue weighted by atomic mass is 32.1. The molecule has 0 aliphatic carbocycles. The highest BCUT2D eigenvalue weighted by Gasteiger charge is 2.16. The van der Waals surface area contributed by atoms with Crippen LogP contribution in [0.25, 0.3) is 11.1 Å². The number of carbonyl (C=O) groups excluding carboxylic acids is 1. The van der Waals surface area contributed by atoms with Crippen LogP contribution in [0.15, 0.2) is 30.3 Å². The van der Waals surface area contributed by atoms with E-state index in [1.165, 1.54) is 23.5 Å². The van der Waals surface area contributed by atoms with Gasteiger partial charge in [-0.05, 0) is 43.2 Å². The number of halogens is 1. The Bertz CT molecular complexity index is 694. The molecular formula is C16H16FNO3S. The molecule has 1 aromatic carbocycles. The number of carbonyl (C=O) groups is 2. The van der Waals surface area contributed by atoms with E-state index < -0.39 is 12.0 Å². The van der Waals surface area contributed by atoms with Crippen LogP contribution in [0.3, 0.4) is 0 Å². The van der Waals surface area contributed by atoms with Crippen LogP contribution in [-0.4, -0.2) is 23.0 Å². The predicted octanol–water partition coefficient (Wildman–Crippen LogP) is 3.46. The Morgan fingerprint density at radius 1 is 1.32 bits per heavy atom. The lowest BCUT2D eigenvalue weighted by Gasteiger charge is -2.10. The second-order valence-electron chi connectivity index (χ2n) is 5.06. The Hall–Kier alpha value is -2.21. The van der Waals surface area contributed by atoms with Gasteiger partial charge in [-0.25, -0.2) is 4.39 Å². The van der Waals surface area contributed by atoms with Crippen molar-refractivity contribution >= 4 is 23.2 Å². The van der Waals surface area contributed by atoms with E-state index in [1.54, 1.807) is 25.1 Å². The molecule has 1 heterocycles. The molecule has 0 spiro atoms. The summed E-state index contributed by atoms with van der Waals surface area (Å²) in [5.74, 6) is -1.56. The van der Waals surface area contributed by atoms with Crippen LogP contribution in [0.2, 0.25) is 0 Å². The molecule has 0 saturated heterocycles. The molecular weight excluding hydrogens is 305 g/mol. The number of thiophene rings is 1. The minimum absolute atomic E-state index is 0.124. The van der Waals surface area contributed by atoms with Crippen LogP contribution in [-0.2, 0) is 4.79 Å². The summed E-state index contributed by atoms with van der Waals surface area (Å²) in [6.45, 7) is 3.54. The van der Waals surface area contributed by atoms with E-state index in [9.17, 15) is 14.0 Å². The first-order chi connectivity index (χ1) is 10.4. The number of nitrogens with one attached hydrogen (secondary N) is 1. The fraction of sp³-hybridized carbons (Fsp3) is 0.250. The minimum Gasteiger partial charge on any atom is -0.481 e. The Morgan fingerprint density at radius 2 is 1.95 bits per heavy atom. The van der Waals surface area contributed by atoms with Gasteiger partial charge in [-0.1, -0.05) is 12.1 Å². The molecule has 2 aromatic rings. The lowest BCUT2D eigenvalue weighted by Crippen LogP contribution is -2.33. The van der Waals surface area contributed by atoms with Gasteiger partial charge in [-0.3, -0.25) is 9.59 Å². The summed E-state index contributed by atoms with van der Waals surface area (Å²) in [6.07, 6.45) is -0.124. The zero-order chi connectivity index (χ0) is 16.3. The Kier molecular flexibility index (Phi) is 4.92. The van der Waals surface area contributed by atoms with Crippen molar-refractivity contribution in [2.45, 2.75) is 26.3 Å². The first-order valence-electron chi connectivity index (χ1n) is 6.76. The SMILES string of the molecule is Cc1sc(C(=O)NC(C)CC(=O)O)cc1-c1ccc(F)cc1. The topological polar surface area (TPSA) is 66.4 Å². The Morgan fingerprint density at radius 3 is 2.55 bits per heavy atom. The van der Waals surface area contributed by atoms with Gasteiger partial charge in [-0.2, -0.15) is 0 Å². The van der Waals surface area contributed by atoms with E-state index in [0.29, 0.717) is 4.88 Å². The third-order valence-electron chi connectivity index (χ3n) is 3.16. The second kappa shape index (κ2) is 6.70. The largest absolute Gasteiger partial charge is 0.481 e. The average molecular weight is 321 g/mol. The molecule has 116 valence electrons. The summed E-state index contributed by atoms with van der Waals surface area (Å²) in [6, 6.07) is 7.39. The number of hydrogen-bond donors (Lipinski definition) is 2. The summed E-state index contributed by atoms with van der Waals surface area (Å²) in [7, 11) is 0. The van der Waals surface area contributed by atoms with Gasteiger partial charge < -0.3 is 10.4 Å². The predicted molar refractivity (Wildman–Crippen MR) is 83.6 cm³/mol. The third-order valence-corrected chi connectivity index (χ3v) is 4.20. The third kappa shape index (κ3) is 3.92. The van der Waals surface area contributed by atoms with Gasteiger partial charge in [0.05, 0.1) is 11.3 Å². The van der Waals surface area contributed by atoms with Crippen LogP contribution in [0.4, 0.5) is 4.39 Å². The quantitative estimate of drug-likeness (QED) is 0.886. The van der Waals surface area contributed by atoms with Crippen LogP contribution in [0.1, 0.15) is 27.9 Å². The molecule has 4 nitrogen and oxygen atoms in total. The number of amides is 1. The van der Waals surface area contributed by atoms with Crippen molar-refractivity contribution in [1.29, 1.82) is 0 Å². The van der Waals surface area contributed by atoms with Gasteiger partial charge >= 0.3 is 5.97 Å². The molecule has 1 atom stereocenters. The number of hydrogen-bond acceptors (Lipinski definition) is 3. The molecule has 2 rings (SSSR count). The maximum Gasteiger partial charge on any atom is 0.305 e. The summed E-state index contributed by atoms with van der Waals surface area (Å²) < 4.78 is 13.0. The van der Waals surface area contributed by atoms with Crippen LogP contribution in [0.5, 0.6) is 0 Å². The zero-order valence-electron chi connectivity index (χ0n) is 12.2. The first kappa shape index (κ1) is 16.2. The van der Waals surface area contributed by atoms with E-state index >= 15 is 0 Å². The molecule has 2 N–H and O–H groups in total. The van der Waals surface area contributed by atoms with Crippen molar-refractivity contribution in [3.05, 3.63) is 45.9 Å². The summed E-state index contributed by atoms with van der Waals surface area (Å²) >= 11 is 1.33. The van der Waals surface area contributed by atoms with Gasteiger partial charge in [0.2, 0.25) is 0 Å². The van der Waals surface area contributed by atoms with Crippen molar-refractivity contribution in [3.8, 4) is 11.1 Å². The average Bonchev–Trinajstić information content (AvgIpc) is 2.81. The molecule has 0 saturated carbocycles. The molecule has 0 fully saturated rings. The fourth-order valence-corrected chi connectivity index (χ4v) is 3.06. The minimum atomic E-state index is -0.956. The monoisotopic (exact) mass is 321 g/mol. The molecule has 0 aliphatic heterocycles. The van der Waals surface area contributed by atoms with Crippen molar-refractivity contribution in [3.63, 3.8) is 0 Å². The van der Waals surface area contributed by atoms with Gasteiger partial charge in [-0.15, -0.1) is 11.3 Å². The number of benzene rings is 1. The standard InChI is InChI=1S/C16H16FNO3S/c1-9(7-15(19)20)18-16(21)14-8-13(10(2)22-14)11-3-5-12(17)6-4-11/h3-6,8-9H,7H2,1-2H3,(H,18,21)(H,19,20). The van der Waals surface area contributed by atoms with Crippen molar-refractivity contribution in [2.24, 2.45) is 0 Å². The number of carboxylic acids is 1. The fourth-order valence-electron chi connectivity index (χ4n) is 2.12. The first-order valence-corrected chi connectivity index (χ1v) is 7.57. The van der Waals surface area contributed by atoms with E-state index in [-0.39, 0.29) is 18.1 Å².